The second kappa shape index (κ2) is 4.66. The van der Waals surface area contributed by atoms with E-state index in [4.69, 9.17) is 17.3 Å². The lowest BCUT2D eigenvalue weighted by Gasteiger charge is -2.40. The Bertz CT molecular complexity index is 445. The van der Waals surface area contributed by atoms with Crippen LogP contribution in [-0.2, 0) is 0 Å². The molecule has 2 atom stereocenters. The monoisotopic (exact) mass is 332 g/mol. The van der Waals surface area contributed by atoms with E-state index in [2.05, 4.69) is 20.8 Å². The number of anilines is 1. The van der Waals surface area contributed by atoms with Gasteiger partial charge in [-0.1, -0.05) is 11.6 Å². The summed E-state index contributed by atoms with van der Waals surface area (Å²) in [6.07, 6.45) is 4.30. The van der Waals surface area contributed by atoms with Gasteiger partial charge in [0.15, 0.2) is 0 Å². The molecule has 98 valence electrons. The molecule has 0 amide bonds. The first kappa shape index (κ1) is 12.7. The summed E-state index contributed by atoms with van der Waals surface area (Å²) in [4.78, 5) is 2.34. The number of hydrogen-bond donors (Lipinski definition) is 1. The van der Waals surface area contributed by atoms with E-state index in [1.807, 2.05) is 0 Å². The maximum absolute atomic E-state index is 13.3. The highest BCUT2D eigenvalue weighted by molar-refractivity contribution is 9.10. The van der Waals surface area contributed by atoms with Gasteiger partial charge in [-0.2, -0.15) is 0 Å². The zero-order valence-corrected chi connectivity index (χ0v) is 12.2. The van der Waals surface area contributed by atoms with E-state index in [9.17, 15) is 4.39 Å². The van der Waals surface area contributed by atoms with E-state index in [0.717, 1.165) is 35.8 Å². The van der Waals surface area contributed by atoms with E-state index < -0.39 is 0 Å². The average Bonchev–Trinajstić information content (AvgIpc) is 2.53. The molecular weight excluding hydrogens is 319 g/mol. The van der Waals surface area contributed by atoms with Crippen molar-refractivity contribution in [3.05, 3.63) is 27.4 Å². The molecule has 1 aromatic rings. The van der Waals surface area contributed by atoms with Crippen LogP contribution in [0.5, 0.6) is 0 Å². The number of halogens is 3. The van der Waals surface area contributed by atoms with Gasteiger partial charge in [0.1, 0.15) is 5.82 Å². The first-order valence-electron chi connectivity index (χ1n) is 6.24. The van der Waals surface area contributed by atoms with Crippen molar-refractivity contribution in [3.8, 4) is 0 Å². The van der Waals surface area contributed by atoms with Gasteiger partial charge in [-0.25, -0.2) is 4.39 Å². The molecule has 2 fully saturated rings. The summed E-state index contributed by atoms with van der Waals surface area (Å²) < 4.78 is 14.0. The SMILES string of the molecule is NC1CC2CCC(C1)N2c1c(Cl)cc(F)cc1Br. The second-order valence-electron chi connectivity index (χ2n) is 5.24. The molecule has 1 aromatic carbocycles. The van der Waals surface area contributed by atoms with E-state index in [0.29, 0.717) is 17.1 Å². The Kier molecular flexibility index (Phi) is 3.28. The summed E-state index contributed by atoms with van der Waals surface area (Å²) in [5.41, 5.74) is 6.99. The third-order valence-corrected chi connectivity index (χ3v) is 4.90. The van der Waals surface area contributed by atoms with Crippen molar-refractivity contribution in [1.82, 2.24) is 0 Å². The third kappa shape index (κ3) is 2.04. The van der Waals surface area contributed by atoms with Crippen LogP contribution in [0, 0.1) is 5.82 Å². The Morgan fingerprint density at radius 3 is 2.44 bits per heavy atom. The Labute approximate surface area is 119 Å². The summed E-state index contributed by atoms with van der Waals surface area (Å²) in [6, 6.07) is 4.04. The number of nitrogens with two attached hydrogens (primary N) is 1. The van der Waals surface area contributed by atoms with Crippen molar-refractivity contribution in [2.24, 2.45) is 5.73 Å². The molecular formula is C13H15BrClFN2. The van der Waals surface area contributed by atoms with Crippen LogP contribution in [-0.4, -0.2) is 18.1 Å². The first-order valence-corrected chi connectivity index (χ1v) is 7.42. The fraction of sp³-hybridized carbons (Fsp3) is 0.538. The predicted octanol–water partition coefficient (Wildman–Crippen LogP) is 3.70. The number of hydrogen-bond acceptors (Lipinski definition) is 2. The zero-order chi connectivity index (χ0) is 12.9. The third-order valence-electron chi connectivity index (χ3n) is 4.01. The fourth-order valence-electron chi connectivity index (χ4n) is 3.37. The zero-order valence-electron chi connectivity index (χ0n) is 9.87. The number of fused-ring (bicyclic) bond motifs is 2. The molecule has 5 heteroatoms. The van der Waals surface area contributed by atoms with Gasteiger partial charge in [0.25, 0.3) is 0 Å². The van der Waals surface area contributed by atoms with Crippen LogP contribution in [0.3, 0.4) is 0 Å². The number of rotatable bonds is 1. The molecule has 2 aliphatic rings. The number of nitrogens with zero attached hydrogens (tertiary/aromatic N) is 1. The standard InChI is InChI=1S/C13H15BrClFN2/c14-11-3-7(16)4-12(15)13(11)18-9-1-2-10(18)6-8(17)5-9/h3-4,8-10H,1-2,5-6,17H2. The molecule has 2 aliphatic heterocycles. The lowest BCUT2D eigenvalue weighted by atomic mass is 9.97. The quantitative estimate of drug-likeness (QED) is 0.849. The molecule has 2 bridgehead atoms. The van der Waals surface area contributed by atoms with Crippen LogP contribution in [0.2, 0.25) is 5.02 Å². The number of benzene rings is 1. The lowest BCUT2D eigenvalue weighted by molar-refractivity contribution is 0.414. The second-order valence-corrected chi connectivity index (χ2v) is 6.50. The molecule has 2 saturated heterocycles. The molecule has 3 rings (SSSR count). The minimum absolute atomic E-state index is 0.289. The molecule has 0 aliphatic carbocycles. The molecule has 0 spiro atoms. The Hall–Kier alpha value is -0.320. The van der Waals surface area contributed by atoms with Crippen LogP contribution < -0.4 is 10.6 Å². The average molecular weight is 334 g/mol. The summed E-state index contributed by atoms with van der Waals surface area (Å²) in [6.45, 7) is 0. The van der Waals surface area contributed by atoms with Crippen molar-refractivity contribution in [2.45, 2.75) is 43.8 Å². The van der Waals surface area contributed by atoms with Gasteiger partial charge in [0.2, 0.25) is 0 Å². The molecule has 2 unspecified atom stereocenters. The van der Waals surface area contributed by atoms with Crippen LogP contribution in [0.25, 0.3) is 0 Å². The minimum atomic E-state index is -0.309. The Balaban J connectivity index is 2.01. The maximum Gasteiger partial charge on any atom is 0.125 e. The molecule has 18 heavy (non-hydrogen) atoms. The predicted molar refractivity (Wildman–Crippen MR) is 75.6 cm³/mol. The van der Waals surface area contributed by atoms with Crippen LogP contribution in [0.4, 0.5) is 10.1 Å². The smallest absolute Gasteiger partial charge is 0.125 e. The topological polar surface area (TPSA) is 29.3 Å². The van der Waals surface area contributed by atoms with Crippen LogP contribution >= 0.6 is 27.5 Å². The maximum atomic E-state index is 13.3. The summed E-state index contributed by atoms with van der Waals surface area (Å²) in [7, 11) is 0. The molecule has 2 heterocycles. The van der Waals surface area contributed by atoms with Crippen LogP contribution in [0.1, 0.15) is 25.7 Å². The van der Waals surface area contributed by atoms with Gasteiger partial charge < -0.3 is 10.6 Å². The Morgan fingerprint density at radius 2 is 1.89 bits per heavy atom. The van der Waals surface area contributed by atoms with Gasteiger partial charge in [-0.15, -0.1) is 0 Å². The molecule has 2 nitrogen and oxygen atoms in total. The highest BCUT2D eigenvalue weighted by Gasteiger charge is 2.41. The highest BCUT2D eigenvalue weighted by atomic mass is 79.9. The van der Waals surface area contributed by atoms with E-state index in [1.54, 1.807) is 0 Å². The van der Waals surface area contributed by atoms with E-state index >= 15 is 0 Å². The molecule has 2 N–H and O–H groups in total. The summed E-state index contributed by atoms with van der Waals surface area (Å²) >= 11 is 9.65. The fourth-order valence-corrected chi connectivity index (χ4v) is 4.42. The minimum Gasteiger partial charge on any atom is -0.363 e. The van der Waals surface area contributed by atoms with Gasteiger partial charge >= 0.3 is 0 Å². The highest BCUT2D eigenvalue weighted by Crippen LogP contribution is 2.45. The normalized spacial score (nSPS) is 30.9. The van der Waals surface area contributed by atoms with Crippen molar-refractivity contribution < 1.29 is 4.39 Å². The van der Waals surface area contributed by atoms with Gasteiger partial charge in [-0.3, -0.25) is 0 Å². The first-order chi connectivity index (χ1) is 8.56. The van der Waals surface area contributed by atoms with Gasteiger partial charge in [-0.05, 0) is 53.7 Å². The summed E-state index contributed by atoms with van der Waals surface area (Å²) in [5, 5.41) is 0.481. The van der Waals surface area contributed by atoms with Gasteiger partial charge in [0.05, 0.1) is 10.7 Å². The van der Waals surface area contributed by atoms with E-state index in [1.165, 1.54) is 12.1 Å². The van der Waals surface area contributed by atoms with E-state index in [-0.39, 0.29) is 11.9 Å². The molecule has 0 radical (unpaired) electrons. The Morgan fingerprint density at radius 1 is 1.28 bits per heavy atom. The largest absolute Gasteiger partial charge is 0.363 e. The van der Waals surface area contributed by atoms with Crippen LogP contribution in [0.15, 0.2) is 16.6 Å². The molecule has 0 saturated carbocycles. The van der Waals surface area contributed by atoms with Crippen molar-refractivity contribution in [1.29, 1.82) is 0 Å². The lowest BCUT2D eigenvalue weighted by Crippen LogP contribution is -2.47. The summed E-state index contributed by atoms with van der Waals surface area (Å²) in [5.74, 6) is -0.309. The number of piperidine rings is 1. The van der Waals surface area contributed by atoms with Crippen molar-refractivity contribution >= 4 is 33.2 Å². The van der Waals surface area contributed by atoms with Crippen molar-refractivity contribution in [3.63, 3.8) is 0 Å². The van der Waals surface area contributed by atoms with Gasteiger partial charge in [0, 0.05) is 22.6 Å². The molecule has 0 aromatic heterocycles. The van der Waals surface area contributed by atoms with Crippen molar-refractivity contribution in [2.75, 3.05) is 4.90 Å².